The van der Waals surface area contributed by atoms with Crippen LogP contribution in [-0.2, 0) is 9.53 Å². The van der Waals surface area contributed by atoms with Crippen molar-refractivity contribution in [3.63, 3.8) is 0 Å². The molecule has 8 nitrogen and oxygen atoms in total. The van der Waals surface area contributed by atoms with E-state index in [9.17, 15) is 19.7 Å². The van der Waals surface area contributed by atoms with Gasteiger partial charge in [-0.05, 0) is 44.5 Å². The van der Waals surface area contributed by atoms with Crippen molar-refractivity contribution < 1.29 is 19.2 Å². The summed E-state index contributed by atoms with van der Waals surface area (Å²) in [6.07, 6.45) is 0.467. The highest BCUT2D eigenvalue weighted by molar-refractivity contribution is 6.07. The van der Waals surface area contributed by atoms with Crippen LogP contribution in [0.1, 0.15) is 30.6 Å². The number of benzene rings is 2. The second kappa shape index (κ2) is 7.67. The van der Waals surface area contributed by atoms with Crippen molar-refractivity contribution in [3.05, 3.63) is 64.2 Å². The number of anilines is 2. The van der Waals surface area contributed by atoms with Gasteiger partial charge in [0.1, 0.15) is 5.54 Å². The van der Waals surface area contributed by atoms with Gasteiger partial charge in [-0.25, -0.2) is 4.79 Å². The van der Waals surface area contributed by atoms with E-state index in [2.05, 4.69) is 5.32 Å². The monoisotopic (exact) mass is 383 g/mol. The zero-order valence-corrected chi connectivity index (χ0v) is 15.7. The van der Waals surface area contributed by atoms with Crippen LogP contribution in [0.3, 0.4) is 0 Å². The van der Waals surface area contributed by atoms with E-state index in [4.69, 9.17) is 4.74 Å². The molecule has 1 N–H and O–H groups in total. The lowest BCUT2D eigenvalue weighted by molar-refractivity contribution is -0.384. The van der Waals surface area contributed by atoms with Crippen molar-refractivity contribution >= 4 is 28.9 Å². The van der Waals surface area contributed by atoms with Crippen molar-refractivity contribution in [1.82, 2.24) is 0 Å². The summed E-state index contributed by atoms with van der Waals surface area (Å²) in [6, 6.07) is 12.8. The van der Waals surface area contributed by atoms with Gasteiger partial charge in [-0.1, -0.05) is 12.1 Å². The number of non-ortho nitro benzene ring substituents is 1. The molecule has 1 aliphatic heterocycles. The van der Waals surface area contributed by atoms with Crippen LogP contribution >= 0.6 is 0 Å². The molecule has 0 fully saturated rings. The molecule has 2 aromatic carbocycles. The van der Waals surface area contributed by atoms with Gasteiger partial charge in [0, 0.05) is 18.7 Å². The maximum Gasteiger partial charge on any atom is 0.338 e. The lowest BCUT2D eigenvalue weighted by Crippen LogP contribution is -2.54. The van der Waals surface area contributed by atoms with Crippen LogP contribution in [0.5, 0.6) is 0 Å². The molecule has 28 heavy (non-hydrogen) atoms. The predicted molar refractivity (Wildman–Crippen MR) is 104 cm³/mol. The maximum absolute atomic E-state index is 12.7. The highest BCUT2D eigenvalue weighted by Crippen LogP contribution is 2.34. The summed E-state index contributed by atoms with van der Waals surface area (Å²) >= 11 is 0. The summed E-state index contributed by atoms with van der Waals surface area (Å²) in [4.78, 5) is 36.6. The molecule has 0 spiro atoms. The third kappa shape index (κ3) is 3.95. The second-order valence-corrected chi connectivity index (χ2v) is 7.02. The molecular weight excluding hydrogens is 362 g/mol. The van der Waals surface area contributed by atoms with Gasteiger partial charge in [-0.2, -0.15) is 0 Å². The Morgan fingerprint density at radius 2 is 1.86 bits per heavy atom. The zero-order valence-electron chi connectivity index (χ0n) is 15.7. The van der Waals surface area contributed by atoms with Crippen molar-refractivity contribution in [3.8, 4) is 0 Å². The number of nitrogens with one attached hydrogen (secondary N) is 1. The Labute approximate surface area is 162 Å². The molecule has 0 saturated carbocycles. The zero-order chi connectivity index (χ0) is 20.3. The maximum atomic E-state index is 12.7. The number of nitrogens with zero attached hydrogens (tertiary/aromatic N) is 2. The number of esters is 1. The number of para-hydroxylation sites is 2. The van der Waals surface area contributed by atoms with E-state index >= 15 is 0 Å². The quantitative estimate of drug-likeness (QED) is 0.355. The molecule has 0 atom stereocenters. The topological polar surface area (TPSA) is 102 Å². The molecule has 0 saturated heterocycles. The largest absolute Gasteiger partial charge is 0.462 e. The van der Waals surface area contributed by atoms with Crippen LogP contribution in [0.4, 0.5) is 17.1 Å². The van der Waals surface area contributed by atoms with Gasteiger partial charge in [0.15, 0.2) is 0 Å². The molecule has 0 radical (unpaired) electrons. The van der Waals surface area contributed by atoms with Crippen LogP contribution in [0, 0.1) is 10.1 Å². The van der Waals surface area contributed by atoms with Crippen molar-refractivity contribution in [2.75, 3.05) is 23.4 Å². The first-order valence-electron chi connectivity index (χ1n) is 8.90. The van der Waals surface area contributed by atoms with Crippen molar-refractivity contribution in [2.45, 2.75) is 25.8 Å². The number of carbonyl (C=O) groups excluding carboxylic acids is 2. The third-order valence-corrected chi connectivity index (χ3v) is 4.49. The van der Waals surface area contributed by atoms with Gasteiger partial charge in [0.25, 0.3) is 11.6 Å². The summed E-state index contributed by atoms with van der Waals surface area (Å²) in [6.45, 7) is 4.20. The average molecular weight is 383 g/mol. The van der Waals surface area contributed by atoms with E-state index in [1.807, 2.05) is 38.1 Å². The van der Waals surface area contributed by atoms with E-state index < -0.39 is 16.4 Å². The summed E-state index contributed by atoms with van der Waals surface area (Å²) in [7, 11) is 0. The van der Waals surface area contributed by atoms with Gasteiger partial charge in [0.05, 0.1) is 28.5 Å². The van der Waals surface area contributed by atoms with E-state index in [0.717, 1.165) is 11.4 Å². The minimum Gasteiger partial charge on any atom is -0.462 e. The van der Waals surface area contributed by atoms with Crippen LogP contribution in [0.25, 0.3) is 0 Å². The fourth-order valence-electron chi connectivity index (χ4n) is 3.06. The van der Waals surface area contributed by atoms with Crippen LogP contribution in [-0.4, -0.2) is 35.5 Å². The number of carbonyl (C=O) groups is 2. The number of rotatable bonds is 6. The van der Waals surface area contributed by atoms with E-state index in [1.54, 1.807) is 4.90 Å². The highest BCUT2D eigenvalue weighted by atomic mass is 16.6. The molecule has 2 aromatic rings. The number of hydrogen-bond acceptors (Lipinski definition) is 6. The molecular formula is C20H21N3O5. The molecule has 3 rings (SSSR count). The summed E-state index contributed by atoms with van der Waals surface area (Å²) in [5, 5.41) is 13.9. The van der Waals surface area contributed by atoms with Gasteiger partial charge in [-0.3, -0.25) is 14.9 Å². The smallest absolute Gasteiger partial charge is 0.338 e. The lowest BCUT2D eigenvalue weighted by Gasteiger charge is -2.39. The van der Waals surface area contributed by atoms with Crippen molar-refractivity contribution in [1.29, 1.82) is 0 Å². The number of nitro benzene ring substituents is 1. The first kappa shape index (κ1) is 19.3. The Balaban J connectivity index is 1.58. The lowest BCUT2D eigenvalue weighted by atomic mass is 9.98. The number of amides is 1. The Bertz CT molecular complexity index is 908. The number of ether oxygens (including phenoxy) is 1. The number of hydrogen-bond donors (Lipinski definition) is 1. The number of fused-ring (bicyclic) bond motifs is 1. The molecule has 1 amide bonds. The van der Waals surface area contributed by atoms with Gasteiger partial charge >= 0.3 is 5.97 Å². The molecule has 0 aromatic heterocycles. The highest BCUT2D eigenvalue weighted by Gasteiger charge is 2.38. The average Bonchev–Trinajstić information content (AvgIpc) is 2.67. The molecule has 0 unspecified atom stereocenters. The van der Waals surface area contributed by atoms with E-state index in [1.165, 1.54) is 24.3 Å². The Morgan fingerprint density at radius 1 is 1.18 bits per heavy atom. The Kier molecular flexibility index (Phi) is 5.30. The van der Waals surface area contributed by atoms with Gasteiger partial charge in [-0.15, -0.1) is 0 Å². The molecule has 1 aliphatic rings. The van der Waals surface area contributed by atoms with E-state index in [-0.39, 0.29) is 23.8 Å². The molecule has 1 heterocycles. The third-order valence-electron chi connectivity index (χ3n) is 4.49. The van der Waals surface area contributed by atoms with Gasteiger partial charge in [0.2, 0.25) is 0 Å². The normalized spacial score (nSPS) is 14.8. The summed E-state index contributed by atoms with van der Waals surface area (Å²) in [5.41, 5.74) is 1.12. The Hall–Kier alpha value is -3.42. The molecule has 146 valence electrons. The van der Waals surface area contributed by atoms with Crippen LogP contribution in [0.15, 0.2) is 48.5 Å². The predicted octanol–water partition coefficient (Wildman–Crippen LogP) is 3.38. The first-order chi connectivity index (χ1) is 13.3. The minimum absolute atomic E-state index is 0.0482. The minimum atomic E-state index is -0.718. The van der Waals surface area contributed by atoms with Crippen molar-refractivity contribution in [2.24, 2.45) is 0 Å². The van der Waals surface area contributed by atoms with Gasteiger partial charge < -0.3 is 15.0 Å². The standard InChI is InChI=1S/C20H21N3O5/c1-20(2)19(25)22(17-7-4-3-6-16(17)21-20)12-5-13-28-18(24)14-8-10-15(11-9-14)23(26)27/h3-4,6-11,21H,5,12-13H2,1-2H3. The van der Waals surface area contributed by atoms with E-state index in [0.29, 0.717) is 13.0 Å². The SMILES string of the molecule is CC1(C)Nc2ccccc2N(CCCOC(=O)c2ccc([N+](=O)[O-])cc2)C1=O. The summed E-state index contributed by atoms with van der Waals surface area (Å²) in [5.74, 6) is -0.602. The fourth-order valence-corrected chi connectivity index (χ4v) is 3.06. The number of nitro groups is 1. The molecule has 8 heteroatoms. The molecule has 0 aliphatic carbocycles. The van der Waals surface area contributed by atoms with Crippen LogP contribution in [0.2, 0.25) is 0 Å². The Morgan fingerprint density at radius 3 is 2.54 bits per heavy atom. The summed E-state index contributed by atoms with van der Waals surface area (Å²) < 4.78 is 5.23. The fraction of sp³-hybridized carbons (Fsp3) is 0.300. The second-order valence-electron chi connectivity index (χ2n) is 7.02. The van der Waals surface area contributed by atoms with Crippen LogP contribution < -0.4 is 10.2 Å². The first-order valence-corrected chi connectivity index (χ1v) is 8.90. The molecule has 0 bridgehead atoms.